The van der Waals surface area contributed by atoms with Gasteiger partial charge in [0.25, 0.3) is 0 Å². The van der Waals surface area contributed by atoms with Crippen LogP contribution in [0.4, 0.5) is 23.7 Å². The lowest BCUT2D eigenvalue weighted by atomic mass is 9.78. The molecule has 10 heteroatoms. The number of nitrogens with zero attached hydrogens (tertiary/aromatic N) is 4. The topological polar surface area (TPSA) is 79.7 Å². The smallest absolute Gasteiger partial charge is 0.370 e. The molecule has 180 valence electrons. The molecule has 2 fully saturated rings. The number of amides is 3. The summed E-state index contributed by atoms with van der Waals surface area (Å²) in [6.07, 6.45) is -3.15. The van der Waals surface area contributed by atoms with Crippen molar-refractivity contribution in [2.45, 2.75) is 25.9 Å². The quantitative estimate of drug-likeness (QED) is 0.741. The minimum absolute atomic E-state index is 0.0266. The largest absolute Gasteiger partial charge is 0.417 e. The molecule has 2 atom stereocenters. The van der Waals surface area contributed by atoms with Crippen molar-refractivity contribution in [2.24, 2.45) is 17.8 Å². The van der Waals surface area contributed by atoms with Gasteiger partial charge in [0.05, 0.1) is 23.1 Å². The van der Waals surface area contributed by atoms with Gasteiger partial charge in [0.2, 0.25) is 5.91 Å². The Hall–Kier alpha value is -2.96. The Morgan fingerprint density at radius 3 is 2.42 bits per heavy atom. The fourth-order valence-corrected chi connectivity index (χ4v) is 4.97. The molecule has 1 aromatic rings. The van der Waals surface area contributed by atoms with Crippen molar-refractivity contribution < 1.29 is 22.8 Å². The zero-order valence-electron chi connectivity index (χ0n) is 19.2. The van der Waals surface area contributed by atoms with Crippen LogP contribution in [-0.2, 0) is 11.0 Å². The highest BCUT2D eigenvalue weighted by atomic mass is 19.4. The van der Waals surface area contributed by atoms with Crippen molar-refractivity contribution in [2.75, 3.05) is 51.7 Å². The lowest BCUT2D eigenvalue weighted by Crippen LogP contribution is -2.46. The molecule has 0 bridgehead atoms. The van der Waals surface area contributed by atoms with E-state index in [-0.39, 0.29) is 29.7 Å². The van der Waals surface area contributed by atoms with Gasteiger partial charge in [-0.1, -0.05) is 0 Å². The molecule has 0 spiro atoms. The molecule has 2 aliphatic heterocycles. The molecule has 0 saturated carbocycles. The van der Waals surface area contributed by atoms with E-state index in [1.807, 2.05) is 11.8 Å². The van der Waals surface area contributed by atoms with Crippen LogP contribution in [0.1, 0.15) is 30.9 Å². The second kappa shape index (κ2) is 9.89. The van der Waals surface area contributed by atoms with Gasteiger partial charge in [-0.25, -0.2) is 4.79 Å². The van der Waals surface area contributed by atoms with Crippen molar-refractivity contribution in [3.63, 3.8) is 0 Å². The van der Waals surface area contributed by atoms with E-state index in [4.69, 9.17) is 5.26 Å². The van der Waals surface area contributed by atoms with Crippen LogP contribution in [0.5, 0.6) is 0 Å². The Morgan fingerprint density at radius 1 is 1.21 bits per heavy atom. The summed E-state index contributed by atoms with van der Waals surface area (Å²) in [7, 11) is 3.37. The van der Waals surface area contributed by atoms with Crippen molar-refractivity contribution in [1.29, 1.82) is 5.26 Å². The standard InChI is InChI=1S/C23H30F3N5O2/c1-4-28-22(33)30-9-7-15(8-10-30)18-13-31(14-19(18)21(32)29(2)3)17-6-5-16(12-27)20(11-17)23(24,25)26/h5-6,11,15,18-19H,4,7-10,13-14H2,1-3H3,(H,28,33)/t18-,19+/m0/s1. The predicted molar refractivity (Wildman–Crippen MR) is 117 cm³/mol. The van der Waals surface area contributed by atoms with Gasteiger partial charge in [-0.2, -0.15) is 18.4 Å². The molecular formula is C23H30F3N5O2. The molecule has 0 radical (unpaired) electrons. The lowest BCUT2D eigenvalue weighted by molar-refractivity contribution is -0.137. The highest BCUT2D eigenvalue weighted by Crippen LogP contribution is 2.40. The van der Waals surface area contributed by atoms with Gasteiger partial charge < -0.3 is 20.0 Å². The first-order valence-corrected chi connectivity index (χ1v) is 11.2. The number of carbonyl (C=O) groups is 2. The zero-order chi connectivity index (χ0) is 24.3. The first-order valence-electron chi connectivity index (χ1n) is 11.2. The second-order valence-electron chi connectivity index (χ2n) is 8.91. The van der Waals surface area contributed by atoms with E-state index in [9.17, 15) is 22.8 Å². The van der Waals surface area contributed by atoms with E-state index in [0.717, 1.165) is 18.9 Å². The van der Waals surface area contributed by atoms with Crippen molar-refractivity contribution in [1.82, 2.24) is 15.1 Å². The number of hydrogen-bond donors (Lipinski definition) is 1. The molecule has 0 aliphatic carbocycles. The molecule has 2 saturated heterocycles. The minimum Gasteiger partial charge on any atom is -0.370 e. The van der Waals surface area contributed by atoms with E-state index in [2.05, 4.69) is 5.32 Å². The average molecular weight is 466 g/mol. The van der Waals surface area contributed by atoms with Crippen molar-refractivity contribution >= 4 is 17.6 Å². The van der Waals surface area contributed by atoms with Crippen LogP contribution >= 0.6 is 0 Å². The average Bonchev–Trinajstić information content (AvgIpc) is 3.23. The molecule has 0 aromatic heterocycles. The number of anilines is 1. The monoisotopic (exact) mass is 465 g/mol. The highest BCUT2D eigenvalue weighted by molar-refractivity contribution is 5.80. The van der Waals surface area contributed by atoms with E-state index in [0.29, 0.717) is 38.4 Å². The number of likely N-dealkylation sites (tertiary alicyclic amines) is 1. The SMILES string of the molecule is CCNC(=O)N1CCC([C@@H]2CN(c3ccc(C#N)c(C(F)(F)F)c3)C[C@H]2C(=O)N(C)C)CC1. The maximum Gasteiger partial charge on any atom is 0.417 e. The van der Waals surface area contributed by atoms with Gasteiger partial charge in [0.15, 0.2) is 0 Å². The van der Waals surface area contributed by atoms with Gasteiger partial charge >= 0.3 is 12.2 Å². The Bertz CT molecular complexity index is 920. The van der Waals surface area contributed by atoms with Crippen LogP contribution in [-0.4, -0.2) is 68.6 Å². The third kappa shape index (κ3) is 5.34. The summed E-state index contributed by atoms with van der Waals surface area (Å²) < 4.78 is 40.4. The molecule has 3 rings (SSSR count). The molecule has 2 heterocycles. The van der Waals surface area contributed by atoms with E-state index < -0.39 is 17.3 Å². The Balaban J connectivity index is 1.82. The summed E-state index contributed by atoms with van der Waals surface area (Å²) in [5.41, 5.74) is -1.02. The molecule has 33 heavy (non-hydrogen) atoms. The molecule has 2 aliphatic rings. The Kier molecular flexibility index (Phi) is 7.40. The molecular weight excluding hydrogens is 435 g/mol. The van der Waals surface area contributed by atoms with Gasteiger partial charge in [-0.15, -0.1) is 0 Å². The number of hydrogen-bond acceptors (Lipinski definition) is 4. The number of carbonyl (C=O) groups excluding carboxylic acids is 2. The third-order valence-electron chi connectivity index (χ3n) is 6.68. The maximum absolute atomic E-state index is 13.5. The van der Waals surface area contributed by atoms with Crippen LogP contribution in [0.25, 0.3) is 0 Å². The van der Waals surface area contributed by atoms with Crippen LogP contribution in [0, 0.1) is 29.1 Å². The molecule has 0 unspecified atom stereocenters. The number of alkyl halides is 3. The summed E-state index contributed by atoms with van der Waals surface area (Å²) >= 11 is 0. The predicted octanol–water partition coefficient (Wildman–Crippen LogP) is 3.16. The summed E-state index contributed by atoms with van der Waals surface area (Å²) in [6, 6.07) is 5.23. The lowest BCUT2D eigenvalue weighted by Gasteiger charge is -2.36. The minimum atomic E-state index is -4.63. The molecule has 7 nitrogen and oxygen atoms in total. The van der Waals surface area contributed by atoms with Crippen LogP contribution < -0.4 is 10.2 Å². The Labute approximate surface area is 192 Å². The third-order valence-corrected chi connectivity index (χ3v) is 6.68. The number of nitrogens with one attached hydrogen (secondary N) is 1. The van der Waals surface area contributed by atoms with E-state index in [1.54, 1.807) is 25.1 Å². The number of urea groups is 1. The molecule has 1 N–H and O–H groups in total. The zero-order valence-corrected chi connectivity index (χ0v) is 19.2. The number of piperidine rings is 1. The first-order chi connectivity index (χ1) is 15.6. The molecule has 1 aromatic carbocycles. The van der Waals surface area contributed by atoms with Crippen LogP contribution in [0.2, 0.25) is 0 Å². The molecule has 3 amide bonds. The van der Waals surface area contributed by atoms with Crippen LogP contribution in [0.3, 0.4) is 0 Å². The van der Waals surface area contributed by atoms with Gasteiger partial charge in [-0.05, 0) is 49.8 Å². The summed E-state index contributed by atoms with van der Waals surface area (Å²) in [5, 5.41) is 11.9. The van der Waals surface area contributed by atoms with E-state index in [1.165, 1.54) is 17.0 Å². The van der Waals surface area contributed by atoms with Gasteiger partial charge in [0.1, 0.15) is 0 Å². The number of rotatable bonds is 4. The van der Waals surface area contributed by atoms with Crippen molar-refractivity contribution in [3.8, 4) is 6.07 Å². The summed E-state index contributed by atoms with van der Waals surface area (Å²) in [4.78, 5) is 30.2. The fourth-order valence-electron chi connectivity index (χ4n) is 4.97. The maximum atomic E-state index is 13.5. The fraction of sp³-hybridized carbons (Fsp3) is 0.609. The normalized spacial score (nSPS) is 21.6. The number of nitriles is 1. The van der Waals surface area contributed by atoms with Crippen LogP contribution in [0.15, 0.2) is 18.2 Å². The van der Waals surface area contributed by atoms with Gasteiger partial charge in [-0.3, -0.25) is 4.79 Å². The number of benzene rings is 1. The first kappa shape index (κ1) is 24.7. The number of halogens is 3. The highest BCUT2D eigenvalue weighted by Gasteiger charge is 2.44. The van der Waals surface area contributed by atoms with E-state index >= 15 is 0 Å². The van der Waals surface area contributed by atoms with Gasteiger partial charge in [0, 0.05) is 52.5 Å². The summed E-state index contributed by atoms with van der Waals surface area (Å²) in [5.74, 6) is -0.222. The van der Waals surface area contributed by atoms with Crippen molar-refractivity contribution in [3.05, 3.63) is 29.3 Å². The summed E-state index contributed by atoms with van der Waals surface area (Å²) in [6.45, 7) is 4.37. The second-order valence-corrected chi connectivity index (χ2v) is 8.91. The Morgan fingerprint density at radius 2 is 1.88 bits per heavy atom.